The van der Waals surface area contributed by atoms with Crippen LogP contribution in [-0.4, -0.2) is 23.9 Å². The smallest absolute Gasteiger partial charge is 0.416 e. The molecular weight excluding hydrogens is 561 g/mol. The average molecular weight is 583 g/mol. The number of allylic oxidation sites excluding steroid dienone is 1. The van der Waals surface area contributed by atoms with E-state index in [-0.39, 0.29) is 40.6 Å². The summed E-state index contributed by atoms with van der Waals surface area (Å²) in [6.45, 7) is 3.57. The summed E-state index contributed by atoms with van der Waals surface area (Å²) in [6.07, 6.45) is -2.99. The van der Waals surface area contributed by atoms with Crippen molar-refractivity contribution >= 4 is 23.4 Å². The third kappa shape index (κ3) is 4.84. The van der Waals surface area contributed by atoms with Crippen molar-refractivity contribution in [3.05, 3.63) is 102 Å². The van der Waals surface area contributed by atoms with E-state index in [9.17, 15) is 22.8 Å². The molecule has 2 aliphatic heterocycles. The number of fused-ring (bicyclic) bond motifs is 2. The molecule has 0 saturated carbocycles. The van der Waals surface area contributed by atoms with E-state index in [1.165, 1.54) is 28.8 Å². The number of rotatable bonds is 5. The fourth-order valence-corrected chi connectivity index (χ4v) is 5.78. The second kappa shape index (κ2) is 10.1. The zero-order chi connectivity index (χ0) is 28.9. The molecule has 0 saturated heterocycles. The lowest BCUT2D eigenvalue weighted by Crippen LogP contribution is -2.39. The predicted molar refractivity (Wildman–Crippen MR) is 142 cm³/mol. The molecule has 4 heterocycles. The molecule has 41 heavy (non-hydrogen) atoms. The topological polar surface area (TPSA) is 92.3 Å². The molecule has 0 aliphatic carbocycles. The quantitative estimate of drug-likeness (QED) is 0.314. The summed E-state index contributed by atoms with van der Waals surface area (Å²) in [5.41, 5.74) is 0.251. The van der Waals surface area contributed by atoms with Gasteiger partial charge in [0.15, 0.2) is 16.3 Å². The largest absolute Gasteiger partial charge is 0.463 e. The van der Waals surface area contributed by atoms with Crippen LogP contribution in [0.25, 0.3) is 17.4 Å². The number of ether oxygens (including phenoxy) is 3. The van der Waals surface area contributed by atoms with Crippen molar-refractivity contribution in [2.24, 2.45) is 4.99 Å². The Kier molecular flexibility index (Phi) is 6.57. The van der Waals surface area contributed by atoms with E-state index in [2.05, 4.69) is 4.99 Å². The summed E-state index contributed by atoms with van der Waals surface area (Å²) in [5.74, 6) is 0.925. The maximum absolute atomic E-state index is 13.8. The molecule has 4 aromatic rings. The lowest BCUT2D eigenvalue weighted by atomic mass is 9.95. The third-order valence-corrected chi connectivity index (χ3v) is 7.59. The van der Waals surface area contributed by atoms with Gasteiger partial charge < -0.3 is 18.6 Å². The van der Waals surface area contributed by atoms with Crippen LogP contribution in [0, 0.1) is 0 Å². The number of nitrogens with zero attached hydrogens (tertiary/aromatic N) is 2. The van der Waals surface area contributed by atoms with Crippen molar-refractivity contribution in [2.45, 2.75) is 26.1 Å². The van der Waals surface area contributed by atoms with E-state index in [0.717, 1.165) is 23.5 Å². The fraction of sp³-hybridized carbons (Fsp3) is 0.207. The molecular formula is C29H21F3N2O6S. The van der Waals surface area contributed by atoms with E-state index in [0.29, 0.717) is 27.6 Å². The lowest BCUT2D eigenvalue weighted by Gasteiger charge is -2.24. The Morgan fingerprint density at radius 1 is 1.15 bits per heavy atom. The molecule has 0 N–H and O–H groups in total. The number of alkyl halides is 3. The summed E-state index contributed by atoms with van der Waals surface area (Å²) in [6, 6.07) is 12.2. The van der Waals surface area contributed by atoms with Gasteiger partial charge in [-0.1, -0.05) is 29.5 Å². The Hall–Kier alpha value is -4.58. The molecule has 2 aliphatic rings. The van der Waals surface area contributed by atoms with Gasteiger partial charge in [0.1, 0.15) is 11.5 Å². The highest BCUT2D eigenvalue weighted by Gasteiger charge is 2.34. The molecule has 1 atom stereocenters. The zero-order valence-corrected chi connectivity index (χ0v) is 22.5. The SMILES string of the molecule is CCOC(=O)C1=C(C)N=c2s/c(=C/c3ccc(-c4cccc(C(F)(F)F)c4)o3)c(=O)n2[C@H]1c1ccc2c(c1)OCO2. The van der Waals surface area contributed by atoms with Gasteiger partial charge in [-0.25, -0.2) is 9.79 Å². The number of carbonyl (C=O) groups is 1. The van der Waals surface area contributed by atoms with Gasteiger partial charge in [0.05, 0.1) is 34.0 Å². The van der Waals surface area contributed by atoms with Gasteiger partial charge in [-0.05, 0) is 55.8 Å². The minimum Gasteiger partial charge on any atom is -0.463 e. The van der Waals surface area contributed by atoms with Crippen molar-refractivity contribution in [1.29, 1.82) is 0 Å². The monoisotopic (exact) mass is 582 g/mol. The number of aromatic nitrogens is 1. The Bertz CT molecular complexity index is 1900. The van der Waals surface area contributed by atoms with Gasteiger partial charge in [-0.15, -0.1) is 0 Å². The van der Waals surface area contributed by atoms with Gasteiger partial charge in [-0.3, -0.25) is 9.36 Å². The van der Waals surface area contributed by atoms with Crippen molar-refractivity contribution in [2.75, 3.05) is 13.4 Å². The second-order valence-electron chi connectivity index (χ2n) is 9.20. The normalized spacial score (nSPS) is 16.5. The first-order valence-corrected chi connectivity index (χ1v) is 13.3. The Labute approximate surface area is 234 Å². The number of halogens is 3. The molecule has 2 aromatic carbocycles. The summed E-state index contributed by atoms with van der Waals surface area (Å²) in [5, 5.41) is 0. The highest BCUT2D eigenvalue weighted by molar-refractivity contribution is 7.07. The molecule has 0 amide bonds. The third-order valence-electron chi connectivity index (χ3n) is 6.60. The summed E-state index contributed by atoms with van der Waals surface area (Å²) < 4.78 is 63.2. The van der Waals surface area contributed by atoms with Crippen LogP contribution in [0.5, 0.6) is 11.5 Å². The lowest BCUT2D eigenvalue weighted by molar-refractivity contribution is -0.139. The number of hydrogen-bond donors (Lipinski definition) is 0. The van der Waals surface area contributed by atoms with Crippen molar-refractivity contribution in [3.8, 4) is 22.8 Å². The summed E-state index contributed by atoms with van der Waals surface area (Å²) in [7, 11) is 0. The van der Waals surface area contributed by atoms with E-state index in [4.69, 9.17) is 18.6 Å². The zero-order valence-electron chi connectivity index (χ0n) is 21.7. The van der Waals surface area contributed by atoms with Gasteiger partial charge in [0, 0.05) is 11.6 Å². The molecule has 0 radical (unpaired) electrons. The number of furan rings is 1. The van der Waals surface area contributed by atoms with Crippen LogP contribution >= 0.6 is 11.3 Å². The number of thiazole rings is 1. The van der Waals surface area contributed by atoms with Gasteiger partial charge in [0.2, 0.25) is 6.79 Å². The van der Waals surface area contributed by atoms with Crippen LogP contribution in [0.4, 0.5) is 13.2 Å². The number of benzene rings is 2. The van der Waals surface area contributed by atoms with Crippen molar-refractivity contribution in [3.63, 3.8) is 0 Å². The minimum absolute atomic E-state index is 0.0623. The summed E-state index contributed by atoms with van der Waals surface area (Å²) >= 11 is 1.10. The molecule has 2 aromatic heterocycles. The van der Waals surface area contributed by atoms with Gasteiger partial charge in [-0.2, -0.15) is 13.2 Å². The van der Waals surface area contributed by atoms with Gasteiger partial charge >= 0.3 is 12.1 Å². The fourth-order valence-electron chi connectivity index (χ4n) is 4.75. The molecule has 6 rings (SSSR count). The van der Waals surface area contributed by atoms with Crippen LogP contribution in [0.3, 0.4) is 0 Å². The maximum atomic E-state index is 13.8. The molecule has 12 heteroatoms. The minimum atomic E-state index is -4.49. The Morgan fingerprint density at radius 2 is 1.95 bits per heavy atom. The Balaban J connectivity index is 1.45. The Morgan fingerprint density at radius 3 is 2.73 bits per heavy atom. The molecule has 0 spiro atoms. The van der Waals surface area contributed by atoms with Crippen LogP contribution in [0.1, 0.15) is 36.8 Å². The van der Waals surface area contributed by atoms with Crippen LogP contribution < -0.4 is 24.4 Å². The molecule has 0 fully saturated rings. The first kappa shape index (κ1) is 26.6. The molecule has 8 nitrogen and oxygen atoms in total. The van der Waals surface area contributed by atoms with E-state index >= 15 is 0 Å². The van der Waals surface area contributed by atoms with E-state index < -0.39 is 29.3 Å². The first-order chi connectivity index (χ1) is 19.6. The average Bonchev–Trinajstić information content (AvgIpc) is 3.67. The van der Waals surface area contributed by atoms with E-state index in [1.807, 2.05) is 0 Å². The molecule has 0 unspecified atom stereocenters. The van der Waals surface area contributed by atoms with Crippen LogP contribution in [0.2, 0.25) is 0 Å². The summed E-state index contributed by atoms with van der Waals surface area (Å²) in [4.78, 5) is 31.7. The molecule has 0 bridgehead atoms. The highest BCUT2D eigenvalue weighted by Crippen LogP contribution is 2.38. The number of carbonyl (C=O) groups excluding carboxylic acids is 1. The predicted octanol–water partition coefficient (Wildman–Crippen LogP) is 4.81. The number of hydrogen-bond acceptors (Lipinski definition) is 8. The first-order valence-electron chi connectivity index (χ1n) is 12.5. The van der Waals surface area contributed by atoms with Crippen molar-refractivity contribution in [1.82, 2.24) is 4.57 Å². The molecule has 210 valence electrons. The van der Waals surface area contributed by atoms with Crippen LogP contribution in [-0.2, 0) is 15.7 Å². The second-order valence-corrected chi connectivity index (χ2v) is 10.2. The maximum Gasteiger partial charge on any atom is 0.416 e. The van der Waals surface area contributed by atoms with Gasteiger partial charge in [0.25, 0.3) is 5.56 Å². The number of esters is 1. The standard InChI is InChI=1S/C29H21F3N2O6S/c1-3-37-27(36)24-15(2)33-28-34(25(24)17-7-9-21-22(12-17)39-14-38-21)26(35)23(41-28)13-19-8-10-20(40-19)16-5-4-6-18(11-16)29(30,31)32/h4-13,25H,3,14H2,1-2H3/b23-13+/t25-/m0/s1. The van der Waals surface area contributed by atoms with Crippen molar-refractivity contribution < 1.29 is 36.6 Å². The van der Waals surface area contributed by atoms with Crippen LogP contribution in [0.15, 0.2) is 80.1 Å². The highest BCUT2D eigenvalue weighted by atomic mass is 32.1. The van der Waals surface area contributed by atoms with E-state index in [1.54, 1.807) is 38.1 Å².